The van der Waals surface area contributed by atoms with E-state index in [-0.39, 0.29) is 0 Å². The van der Waals surface area contributed by atoms with E-state index in [0.29, 0.717) is 0 Å². The van der Waals surface area contributed by atoms with Gasteiger partial charge in [0.15, 0.2) is 0 Å². The predicted molar refractivity (Wildman–Crippen MR) is 60.7 cm³/mol. The highest BCUT2D eigenvalue weighted by molar-refractivity contribution is 5.63. The molecule has 0 amide bonds. The third-order valence-electron chi connectivity index (χ3n) is 2.39. The van der Waals surface area contributed by atoms with Crippen molar-refractivity contribution >= 4 is 11.4 Å². The quantitative estimate of drug-likeness (QED) is 0.741. The third kappa shape index (κ3) is 2.39. The Hall–Kier alpha value is -1.22. The first kappa shape index (κ1) is 10.9. The zero-order chi connectivity index (χ0) is 10.6. The fraction of sp³-hybridized carbons (Fsp3) is 0.455. The minimum Gasteiger partial charge on any atom is -0.398 e. The van der Waals surface area contributed by atoms with Crippen LogP contribution in [-0.4, -0.2) is 27.3 Å². The maximum absolute atomic E-state index is 5.83. The summed E-state index contributed by atoms with van der Waals surface area (Å²) in [6.45, 7) is 3.64. The number of nitrogens with two attached hydrogens (primary N) is 1. The Morgan fingerprint density at radius 1 is 1.43 bits per heavy atom. The summed E-state index contributed by atoms with van der Waals surface area (Å²) in [7, 11) is 3.75. The highest BCUT2D eigenvalue weighted by atomic mass is 16.5. The van der Waals surface area contributed by atoms with Crippen molar-refractivity contribution in [3.63, 3.8) is 0 Å². The molecule has 0 saturated carbocycles. The number of methoxy groups -OCH3 is 1. The molecule has 0 radical (unpaired) electrons. The lowest BCUT2D eigenvalue weighted by atomic mass is 10.1. The molecule has 0 saturated heterocycles. The average molecular weight is 194 g/mol. The van der Waals surface area contributed by atoms with E-state index in [4.69, 9.17) is 10.5 Å². The fourth-order valence-corrected chi connectivity index (χ4v) is 1.40. The molecule has 1 rings (SSSR count). The Kier molecular flexibility index (Phi) is 3.77. The van der Waals surface area contributed by atoms with Crippen molar-refractivity contribution < 1.29 is 4.74 Å². The molecule has 2 N–H and O–H groups in total. The maximum atomic E-state index is 5.83. The number of anilines is 2. The van der Waals surface area contributed by atoms with Crippen LogP contribution in [0.25, 0.3) is 0 Å². The van der Waals surface area contributed by atoms with Crippen LogP contribution < -0.4 is 10.6 Å². The highest BCUT2D eigenvalue weighted by Crippen LogP contribution is 2.23. The number of likely N-dealkylation sites (N-methyl/N-ethyl adjacent to an activating group) is 1. The molecule has 0 atom stereocenters. The molecule has 0 aliphatic rings. The van der Waals surface area contributed by atoms with E-state index < -0.39 is 0 Å². The molecule has 3 heteroatoms. The highest BCUT2D eigenvalue weighted by Gasteiger charge is 2.05. The van der Waals surface area contributed by atoms with E-state index in [1.807, 2.05) is 26.1 Å². The molecule has 0 unspecified atom stereocenters. The summed E-state index contributed by atoms with van der Waals surface area (Å²) in [5, 5.41) is 0. The van der Waals surface area contributed by atoms with Gasteiger partial charge in [0, 0.05) is 32.1 Å². The molecule has 0 bridgehead atoms. The van der Waals surface area contributed by atoms with Crippen LogP contribution in [0.2, 0.25) is 0 Å². The molecule has 0 aliphatic carbocycles. The van der Waals surface area contributed by atoms with E-state index in [9.17, 15) is 0 Å². The van der Waals surface area contributed by atoms with Crippen molar-refractivity contribution in [3.8, 4) is 0 Å². The summed E-state index contributed by atoms with van der Waals surface area (Å²) in [6, 6.07) is 5.96. The van der Waals surface area contributed by atoms with Gasteiger partial charge in [-0.1, -0.05) is 6.07 Å². The lowest BCUT2D eigenvalue weighted by Crippen LogP contribution is -2.23. The molecule has 3 nitrogen and oxygen atoms in total. The smallest absolute Gasteiger partial charge is 0.0637 e. The van der Waals surface area contributed by atoms with E-state index in [1.54, 1.807) is 7.11 Å². The van der Waals surface area contributed by atoms with Crippen LogP contribution in [0.3, 0.4) is 0 Å². The van der Waals surface area contributed by atoms with Crippen LogP contribution >= 0.6 is 0 Å². The molecule has 0 aliphatic heterocycles. The fourth-order valence-electron chi connectivity index (χ4n) is 1.40. The van der Waals surface area contributed by atoms with E-state index >= 15 is 0 Å². The van der Waals surface area contributed by atoms with E-state index in [0.717, 1.165) is 24.4 Å². The first-order valence-corrected chi connectivity index (χ1v) is 4.72. The standard InChI is InChI=1S/C11H18N2O/c1-9-10(12)5-4-6-11(9)13(2)7-8-14-3/h4-6H,7-8,12H2,1-3H3. The molecule has 14 heavy (non-hydrogen) atoms. The molecule has 0 heterocycles. The van der Waals surface area contributed by atoms with Crippen molar-refractivity contribution in [2.24, 2.45) is 0 Å². The van der Waals surface area contributed by atoms with Crippen molar-refractivity contribution in [2.45, 2.75) is 6.92 Å². The Morgan fingerprint density at radius 2 is 2.14 bits per heavy atom. The number of nitrogens with zero attached hydrogens (tertiary/aromatic N) is 1. The second-order valence-electron chi connectivity index (χ2n) is 3.41. The first-order valence-electron chi connectivity index (χ1n) is 4.72. The topological polar surface area (TPSA) is 38.5 Å². The summed E-state index contributed by atoms with van der Waals surface area (Å²) in [4.78, 5) is 2.15. The molecule has 0 fully saturated rings. The zero-order valence-electron chi connectivity index (χ0n) is 9.08. The van der Waals surface area contributed by atoms with Gasteiger partial charge in [-0.05, 0) is 24.6 Å². The number of rotatable bonds is 4. The average Bonchev–Trinajstić information content (AvgIpc) is 2.18. The van der Waals surface area contributed by atoms with Crippen molar-refractivity contribution in [1.29, 1.82) is 0 Å². The van der Waals surface area contributed by atoms with Crippen molar-refractivity contribution in [3.05, 3.63) is 23.8 Å². The Labute approximate surface area is 85.5 Å². The first-order chi connectivity index (χ1) is 6.66. The van der Waals surface area contributed by atoms with Crippen molar-refractivity contribution in [2.75, 3.05) is 37.9 Å². The Bertz CT molecular complexity index is 299. The van der Waals surface area contributed by atoms with Crippen LogP contribution in [-0.2, 0) is 4.74 Å². The van der Waals surface area contributed by atoms with Gasteiger partial charge in [-0.3, -0.25) is 0 Å². The summed E-state index contributed by atoms with van der Waals surface area (Å²) >= 11 is 0. The molecule has 0 aromatic heterocycles. The second-order valence-corrected chi connectivity index (χ2v) is 3.41. The van der Waals surface area contributed by atoms with Gasteiger partial charge < -0.3 is 15.4 Å². The van der Waals surface area contributed by atoms with Crippen LogP contribution in [0.15, 0.2) is 18.2 Å². The monoisotopic (exact) mass is 194 g/mol. The van der Waals surface area contributed by atoms with Gasteiger partial charge in [0.2, 0.25) is 0 Å². The molecular weight excluding hydrogens is 176 g/mol. The molecule has 1 aromatic carbocycles. The number of hydrogen-bond acceptors (Lipinski definition) is 3. The van der Waals surface area contributed by atoms with Gasteiger partial charge >= 0.3 is 0 Å². The van der Waals surface area contributed by atoms with Gasteiger partial charge in [-0.15, -0.1) is 0 Å². The minimum atomic E-state index is 0.727. The van der Waals surface area contributed by atoms with Gasteiger partial charge in [0.05, 0.1) is 6.61 Å². The summed E-state index contributed by atoms with van der Waals surface area (Å²) in [5.74, 6) is 0. The maximum Gasteiger partial charge on any atom is 0.0637 e. The lowest BCUT2D eigenvalue weighted by Gasteiger charge is -2.21. The molecular formula is C11H18N2O. The lowest BCUT2D eigenvalue weighted by molar-refractivity contribution is 0.206. The third-order valence-corrected chi connectivity index (χ3v) is 2.39. The number of ether oxygens (including phenoxy) is 1. The second kappa shape index (κ2) is 4.86. The van der Waals surface area contributed by atoms with Gasteiger partial charge in [0.1, 0.15) is 0 Å². The predicted octanol–water partition coefficient (Wildman–Crippen LogP) is 1.66. The number of nitrogen functional groups attached to an aromatic ring is 1. The van der Waals surface area contributed by atoms with Crippen LogP contribution in [0, 0.1) is 6.92 Å². The number of benzene rings is 1. The van der Waals surface area contributed by atoms with Gasteiger partial charge in [-0.2, -0.15) is 0 Å². The molecule has 78 valence electrons. The van der Waals surface area contributed by atoms with Gasteiger partial charge in [-0.25, -0.2) is 0 Å². The minimum absolute atomic E-state index is 0.727. The normalized spacial score (nSPS) is 10.2. The van der Waals surface area contributed by atoms with Crippen LogP contribution in [0.1, 0.15) is 5.56 Å². The van der Waals surface area contributed by atoms with Crippen LogP contribution in [0.4, 0.5) is 11.4 Å². The van der Waals surface area contributed by atoms with Gasteiger partial charge in [0.25, 0.3) is 0 Å². The summed E-state index contributed by atoms with van der Waals surface area (Å²) in [6.07, 6.45) is 0. The molecule has 1 aromatic rings. The zero-order valence-corrected chi connectivity index (χ0v) is 9.08. The Morgan fingerprint density at radius 3 is 2.79 bits per heavy atom. The van der Waals surface area contributed by atoms with Crippen LogP contribution in [0.5, 0.6) is 0 Å². The Balaban J connectivity index is 2.79. The summed E-state index contributed by atoms with van der Waals surface area (Å²) < 4.78 is 5.03. The molecule has 0 spiro atoms. The largest absolute Gasteiger partial charge is 0.398 e. The van der Waals surface area contributed by atoms with E-state index in [1.165, 1.54) is 5.69 Å². The van der Waals surface area contributed by atoms with Crippen molar-refractivity contribution in [1.82, 2.24) is 0 Å². The summed E-state index contributed by atoms with van der Waals surface area (Å²) in [5.41, 5.74) is 8.97. The van der Waals surface area contributed by atoms with E-state index in [2.05, 4.69) is 11.0 Å². The number of hydrogen-bond donors (Lipinski definition) is 1. The SMILES string of the molecule is COCCN(C)c1cccc(N)c1C.